The Kier molecular flexibility index (Phi) is 5.79. The first-order chi connectivity index (χ1) is 13.3. The summed E-state index contributed by atoms with van der Waals surface area (Å²) in [4.78, 5) is 33.5. The van der Waals surface area contributed by atoms with E-state index >= 15 is 0 Å². The van der Waals surface area contributed by atoms with Crippen molar-refractivity contribution >= 4 is 29.3 Å². The van der Waals surface area contributed by atoms with Crippen molar-refractivity contribution in [1.82, 2.24) is 14.6 Å². The van der Waals surface area contributed by atoms with Gasteiger partial charge in [0, 0.05) is 34.3 Å². The second-order valence-electron chi connectivity index (χ2n) is 6.36. The largest absolute Gasteiger partial charge is 0.384 e. The van der Waals surface area contributed by atoms with E-state index in [1.807, 2.05) is 19.9 Å². The molecule has 0 fully saturated rings. The number of nitrogens with zero attached hydrogens (tertiary/aromatic N) is 3. The molecule has 0 aliphatic rings. The summed E-state index contributed by atoms with van der Waals surface area (Å²) in [6.07, 6.45) is 0. The van der Waals surface area contributed by atoms with E-state index < -0.39 is 0 Å². The van der Waals surface area contributed by atoms with Gasteiger partial charge in [0.05, 0.1) is 5.75 Å². The van der Waals surface area contributed by atoms with Gasteiger partial charge in [-0.3, -0.25) is 19.7 Å². The van der Waals surface area contributed by atoms with Crippen LogP contribution < -0.4 is 11.2 Å². The van der Waals surface area contributed by atoms with Crippen LogP contribution in [0.15, 0.2) is 47.6 Å². The minimum atomic E-state index is -0.237. The van der Waals surface area contributed by atoms with E-state index in [2.05, 4.69) is 15.4 Å². The maximum atomic E-state index is 12.7. The van der Waals surface area contributed by atoms with Gasteiger partial charge in [-0.05, 0) is 39.0 Å². The first-order valence-electron chi connectivity index (χ1n) is 8.67. The van der Waals surface area contributed by atoms with Crippen molar-refractivity contribution in [2.75, 3.05) is 16.9 Å². The van der Waals surface area contributed by atoms with Gasteiger partial charge in [0.15, 0.2) is 10.9 Å². The molecule has 144 valence electrons. The molecule has 3 N–H and O–H groups in total. The van der Waals surface area contributed by atoms with Crippen molar-refractivity contribution < 1.29 is 9.59 Å². The quantitative estimate of drug-likeness (QED) is 0.378. The predicted octanol–water partition coefficient (Wildman–Crippen LogP) is 3.14. The Bertz CT molecular complexity index is 1010. The summed E-state index contributed by atoms with van der Waals surface area (Å²) >= 11 is 1.24. The molecule has 0 radical (unpaired) electrons. The summed E-state index contributed by atoms with van der Waals surface area (Å²) in [5.74, 6) is 0.255. The summed E-state index contributed by atoms with van der Waals surface area (Å²) in [5.41, 5.74) is 11.9. The monoisotopic (exact) mass is 395 g/mol. The van der Waals surface area contributed by atoms with Crippen LogP contribution in [0, 0.1) is 20.8 Å². The molecule has 0 saturated carbocycles. The predicted molar refractivity (Wildman–Crippen MR) is 110 cm³/mol. The van der Waals surface area contributed by atoms with Gasteiger partial charge < -0.3 is 5.73 Å². The fourth-order valence-electron chi connectivity index (χ4n) is 2.81. The van der Waals surface area contributed by atoms with Gasteiger partial charge in [-0.1, -0.05) is 30.0 Å². The Morgan fingerprint density at radius 1 is 1.11 bits per heavy atom. The Balaban J connectivity index is 1.73. The molecule has 0 saturated heterocycles. The summed E-state index contributed by atoms with van der Waals surface area (Å²) in [6.45, 7) is 5.47. The number of anilines is 1. The summed E-state index contributed by atoms with van der Waals surface area (Å²) in [5, 5.41) is 0.469. The molecular weight excluding hydrogens is 374 g/mol. The van der Waals surface area contributed by atoms with Crippen LogP contribution in [0.5, 0.6) is 0 Å². The lowest BCUT2D eigenvalue weighted by Gasteiger charge is -2.11. The highest BCUT2D eigenvalue weighted by atomic mass is 32.2. The molecule has 0 aliphatic heterocycles. The van der Waals surface area contributed by atoms with Crippen LogP contribution in [0.3, 0.4) is 0 Å². The third-order valence-electron chi connectivity index (χ3n) is 4.17. The lowest BCUT2D eigenvalue weighted by atomic mass is 10.2. The van der Waals surface area contributed by atoms with E-state index in [0.29, 0.717) is 27.8 Å². The second kappa shape index (κ2) is 8.26. The van der Waals surface area contributed by atoms with E-state index in [-0.39, 0.29) is 17.4 Å². The summed E-state index contributed by atoms with van der Waals surface area (Å²) < 4.78 is 1.63. The van der Waals surface area contributed by atoms with Crippen LogP contribution in [-0.4, -0.2) is 32.1 Å². The van der Waals surface area contributed by atoms with E-state index in [1.165, 1.54) is 11.8 Å². The van der Waals surface area contributed by atoms with Crippen molar-refractivity contribution in [2.45, 2.75) is 25.9 Å². The first kappa shape index (κ1) is 19.6. The number of thioether (sulfide) groups is 1. The molecule has 1 aromatic carbocycles. The van der Waals surface area contributed by atoms with Gasteiger partial charge in [0.1, 0.15) is 5.82 Å². The fourth-order valence-corrected chi connectivity index (χ4v) is 3.60. The summed E-state index contributed by atoms with van der Waals surface area (Å²) in [7, 11) is 0. The number of hydrogen-bond donors (Lipinski definition) is 2. The first-order valence-corrected chi connectivity index (χ1v) is 9.66. The standard InChI is InChI=1S/C20H21N5O2S/c1-12-9-18(21)23-20(22-12)28-11-17(26)16-10-13(2)25(14(16)3)24-19(27)15-7-5-4-6-8-15/h4-10H,11H2,1-3H3,(H,24,27)(H2,21,22,23). The maximum Gasteiger partial charge on any atom is 0.270 e. The average Bonchev–Trinajstić information content (AvgIpc) is 2.94. The molecule has 28 heavy (non-hydrogen) atoms. The van der Waals surface area contributed by atoms with Crippen LogP contribution in [0.1, 0.15) is 37.8 Å². The highest BCUT2D eigenvalue weighted by Crippen LogP contribution is 2.20. The van der Waals surface area contributed by atoms with Gasteiger partial charge >= 0.3 is 0 Å². The van der Waals surface area contributed by atoms with Crippen LogP contribution in [0.25, 0.3) is 0 Å². The fraction of sp³-hybridized carbons (Fsp3) is 0.200. The number of Topliss-reactive ketones (excluding diaryl/α,β-unsaturated/α-hetero) is 1. The number of aromatic nitrogens is 3. The molecule has 1 amide bonds. The molecule has 3 rings (SSSR count). The molecule has 0 spiro atoms. The third kappa shape index (κ3) is 4.40. The minimum absolute atomic E-state index is 0.0676. The normalized spacial score (nSPS) is 10.7. The minimum Gasteiger partial charge on any atom is -0.384 e. The molecule has 0 atom stereocenters. The van der Waals surface area contributed by atoms with Crippen molar-refractivity contribution in [3.63, 3.8) is 0 Å². The number of carbonyl (C=O) groups excluding carboxylic acids is 2. The zero-order chi connectivity index (χ0) is 20.3. The number of nitrogens with one attached hydrogen (secondary N) is 1. The Morgan fingerprint density at radius 2 is 1.82 bits per heavy atom. The van der Waals surface area contributed by atoms with Crippen molar-refractivity contribution in [2.24, 2.45) is 0 Å². The number of aryl methyl sites for hydroxylation is 2. The van der Waals surface area contributed by atoms with Gasteiger partial charge in [-0.2, -0.15) is 0 Å². The number of rotatable bonds is 6. The SMILES string of the molecule is Cc1cc(N)nc(SCC(=O)c2cc(C)n(NC(=O)c3ccccc3)c2C)n1. The molecule has 0 unspecified atom stereocenters. The Hall–Kier alpha value is -3.13. The van der Waals surface area contributed by atoms with Crippen LogP contribution >= 0.6 is 11.8 Å². The van der Waals surface area contributed by atoms with Gasteiger partial charge in [-0.25, -0.2) is 9.97 Å². The molecule has 0 aliphatic carbocycles. The summed E-state index contributed by atoms with van der Waals surface area (Å²) in [6, 6.07) is 12.4. The van der Waals surface area contributed by atoms with Crippen molar-refractivity contribution in [3.05, 3.63) is 70.7 Å². The van der Waals surface area contributed by atoms with Crippen molar-refractivity contribution in [1.29, 1.82) is 0 Å². The van der Waals surface area contributed by atoms with Crippen LogP contribution in [0.4, 0.5) is 5.82 Å². The zero-order valence-corrected chi connectivity index (χ0v) is 16.7. The maximum absolute atomic E-state index is 12.7. The van der Waals surface area contributed by atoms with Crippen LogP contribution in [-0.2, 0) is 0 Å². The number of amides is 1. The van der Waals surface area contributed by atoms with Gasteiger partial charge in [0.25, 0.3) is 5.91 Å². The number of hydrogen-bond acceptors (Lipinski definition) is 6. The van der Waals surface area contributed by atoms with E-state index in [1.54, 1.807) is 48.0 Å². The lowest BCUT2D eigenvalue weighted by Crippen LogP contribution is -2.25. The number of ketones is 1. The molecular formula is C20H21N5O2S. The third-order valence-corrected chi connectivity index (χ3v) is 5.01. The zero-order valence-electron chi connectivity index (χ0n) is 15.9. The highest BCUT2D eigenvalue weighted by molar-refractivity contribution is 7.99. The molecule has 2 heterocycles. The molecule has 2 aromatic heterocycles. The van der Waals surface area contributed by atoms with Crippen molar-refractivity contribution in [3.8, 4) is 0 Å². The molecule has 7 nitrogen and oxygen atoms in total. The van der Waals surface area contributed by atoms with Gasteiger partial charge in [0.2, 0.25) is 0 Å². The van der Waals surface area contributed by atoms with Crippen LogP contribution in [0.2, 0.25) is 0 Å². The van der Waals surface area contributed by atoms with E-state index in [0.717, 1.165) is 11.4 Å². The number of nitrogen functional groups attached to an aromatic ring is 1. The molecule has 3 aromatic rings. The number of benzene rings is 1. The molecule has 8 heteroatoms. The number of nitrogens with two attached hydrogens (primary N) is 1. The smallest absolute Gasteiger partial charge is 0.270 e. The highest BCUT2D eigenvalue weighted by Gasteiger charge is 2.18. The second-order valence-corrected chi connectivity index (χ2v) is 7.30. The Morgan fingerprint density at radius 3 is 2.50 bits per heavy atom. The average molecular weight is 395 g/mol. The topological polar surface area (TPSA) is 103 Å². The molecule has 0 bridgehead atoms. The van der Waals surface area contributed by atoms with E-state index in [9.17, 15) is 9.59 Å². The Labute approximate surface area is 167 Å². The van der Waals surface area contributed by atoms with E-state index in [4.69, 9.17) is 5.73 Å². The lowest BCUT2D eigenvalue weighted by molar-refractivity contribution is 0.0999. The number of carbonyl (C=O) groups is 2. The van der Waals surface area contributed by atoms with Gasteiger partial charge in [-0.15, -0.1) is 0 Å².